The normalized spacial score (nSPS) is 20.6. The Morgan fingerprint density at radius 3 is 2.76 bits per heavy atom. The molecule has 0 amide bonds. The first-order chi connectivity index (χ1) is 16.0. The van der Waals surface area contributed by atoms with Crippen LogP contribution in [-0.4, -0.2) is 31.3 Å². The van der Waals surface area contributed by atoms with Gasteiger partial charge in [-0.3, -0.25) is 4.68 Å². The Kier molecular flexibility index (Phi) is 4.92. The minimum absolute atomic E-state index is 0.0128. The van der Waals surface area contributed by atoms with E-state index in [4.69, 9.17) is 31.3 Å². The Labute approximate surface area is 195 Å². The van der Waals surface area contributed by atoms with Crippen molar-refractivity contribution in [2.24, 2.45) is 0 Å². The lowest BCUT2D eigenvalue weighted by molar-refractivity contribution is 0.110. The highest BCUT2D eigenvalue weighted by Crippen LogP contribution is 2.40. The molecule has 2 atom stereocenters. The molecule has 33 heavy (non-hydrogen) atoms. The fourth-order valence-electron chi connectivity index (χ4n) is 4.43. The molecule has 0 unspecified atom stereocenters. The molecule has 8 heteroatoms. The van der Waals surface area contributed by atoms with Gasteiger partial charge in [-0.2, -0.15) is 5.10 Å². The fourth-order valence-corrected chi connectivity index (χ4v) is 4.59. The van der Waals surface area contributed by atoms with Gasteiger partial charge < -0.3 is 4.74 Å². The van der Waals surface area contributed by atoms with E-state index in [1.165, 1.54) is 18.9 Å². The van der Waals surface area contributed by atoms with Crippen LogP contribution >= 0.6 is 11.6 Å². The van der Waals surface area contributed by atoms with Crippen LogP contribution in [0.4, 0.5) is 4.39 Å². The largest absolute Gasteiger partial charge is 0.373 e. The molecule has 6 rings (SSSR count). The van der Waals surface area contributed by atoms with Crippen LogP contribution < -0.4 is 0 Å². The number of ether oxygens (including phenoxy) is 1. The molecule has 0 bridgehead atoms. The van der Waals surface area contributed by atoms with Crippen molar-refractivity contribution >= 4 is 22.6 Å². The van der Waals surface area contributed by atoms with Crippen molar-refractivity contribution in [3.63, 3.8) is 0 Å². The molecule has 4 aromatic rings. The van der Waals surface area contributed by atoms with E-state index < -0.39 is 5.82 Å². The van der Waals surface area contributed by atoms with Crippen molar-refractivity contribution in [1.82, 2.24) is 24.7 Å². The molecule has 0 radical (unpaired) electrons. The predicted molar refractivity (Wildman–Crippen MR) is 124 cm³/mol. The van der Waals surface area contributed by atoms with Crippen LogP contribution in [0.15, 0.2) is 36.7 Å². The third-order valence-corrected chi connectivity index (χ3v) is 6.85. The van der Waals surface area contributed by atoms with E-state index in [1.54, 1.807) is 12.1 Å². The lowest BCUT2D eigenvalue weighted by atomic mass is 10.0. The number of hydrogen-bond acceptors (Lipinski definition) is 5. The van der Waals surface area contributed by atoms with Crippen molar-refractivity contribution in [1.29, 1.82) is 0 Å². The first kappa shape index (κ1) is 20.7. The van der Waals surface area contributed by atoms with Gasteiger partial charge in [0.15, 0.2) is 5.65 Å². The third-order valence-electron chi connectivity index (χ3n) is 6.61. The molecule has 168 valence electrons. The number of rotatable bonds is 4. The maximum atomic E-state index is 14.9. The van der Waals surface area contributed by atoms with E-state index in [0.29, 0.717) is 40.4 Å². The van der Waals surface area contributed by atoms with Crippen LogP contribution in [0.5, 0.6) is 0 Å². The van der Waals surface area contributed by atoms with Gasteiger partial charge in [-0.15, -0.1) is 0 Å². The van der Waals surface area contributed by atoms with Gasteiger partial charge in [0.2, 0.25) is 0 Å². The highest BCUT2D eigenvalue weighted by molar-refractivity contribution is 6.30. The average Bonchev–Trinajstić information content (AvgIpc) is 3.31. The van der Waals surface area contributed by atoms with Crippen LogP contribution in [0.2, 0.25) is 5.02 Å². The van der Waals surface area contributed by atoms with Crippen LogP contribution in [0.25, 0.3) is 22.3 Å². The van der Waals surface area contributed by atoms with Gasteiger partial charge in [0.25, 0.3) is 0 Å². The lowest BCUT2D eigenvalue weighted by Gasteiger charge is -2.14. The number of aryl methyl sites for hydroxylation is 2. The van der Waals surface area contributed by atoms with Crippen LogP contribution in [0, 0.1) is 19.7 Å². The number of fused-ring (bicyclic) bond motifs is 1. The Morgan fingerprint density at radius 2 is 1.97 bits per heavy atom. The van der Waals surface area contributed by atoms with E-state index in [1.807, 2.05) is 30.8 Å². The lowest BCUT2D eigenvalue weighted by Crippen LogP contribution is -2.08. The van der Waals surface area contributed by atoms with Gasteiger partial charge in [-0.25, -0.2) is 19.3 Å². The molecular formula is C25H23ClFN5O. The molecule has 1 aliphatic carbocycles. The Morgan fingerprint density at radius 1 is 1.12 bits per heavy atom. The molecule has 6 nitrogen and oxygen atoms in total. The van der Waals surface area contributed by atoms with E-state index >= 15 is 0 Å². The van der Waals surface area contributed by atoms with Gasteiger partial charge in [-0.05, 0) is 62.9 Å². The van der Waals surface area contributed by atoms with E-state index in [-0.39, 0.29) is 12.0 Å². The standard InChI is InChI=1S/C25H23ClFN5O/c1-13-7-20-23(19-6-3-17(26)9-21(19)27)30-24(31-25(20)29-14(13)2)15-8-22(33-12-15)16-10-28-32(11-16)18-4-5-18/h3,6-7,9-11,15,18,22H,4-5,8,12H2,1-2H3/t15-,22-/m0/s1. The Balaban J connectivity index is 1.40. The summed E-state index contributed by atoms with van der Waals surface area (Å²) in [4.78, 5) is 14.3. The first-order valence-electron chi connectivity index (χ1n) is 11.2. The highest BCUT2D eigenvalue weighted by Gasteiger charge is 2.33. The molecule has 1 aliphatic heterocycles. The molecule has 1 saturated heterocycles. The quantitative estimate of drug-likeness (QED) is 0.378. The summed E-state index contributed by atoms with van der Waals surface area (Å²) in [6, 6.07) is 7.16. The second-order valence-corrected chi connectivity index (χ2v) is 9.49. The van der Waals surface area contributed by atoms with Gasteiger partial charge in [-0.1, -0.05) is 11.6 Å². The summed E-state index contributed by atoms with van der Waals surface area (Å²) in [7, 11) is 0. The maximum absolute atomic E-state index is 14.9. The molecule has 1 saturated carbocycles. The molecule has 2 aliphatic rings. The number of nitrogens with zero attached hydrogens (tertiary/aromatic N) is 5. The van der Waals surface area contributed by atoms with Crippen LogP contribution in [-0.2, 0) is 4.74 Å². The number of benzene rings is 1. The summed E-state index contributed by atoms with van der Waals surface area (Å²) in [6.07, 6.45) is 7.06. The van der Waals surface area contributed by atoms with Gasteiger partial charge >= 0.3 is 0 Å². The van der Waals surface area contributed by atoms with Crippen molar-refractivity contribution < 1.29 is 9.13 Å². The third kappa shape index (κ3) is 3.79. The average molecular weight is 464 g/mol. The zero-order valence-electron chi connectivity index (χ0n) is 18.4. The molecule has 0 N–H and O–H groups in total. The van der Waals surface area contributed by atoms with Crippen LogP contribution in [0.3, 0.4) is 0 Å². The van der Waals surface area contributed by atoms with Crippen molar-refractivity contribution in [2.75, 3.05) is 6.61 Å². The van der Waals surface area contributed by atoms with E-state index in [9.17, 15) is 4.39 Å². The second-order valence-electron chi connectivity index (χ2n) is 9.06. The van der Waals surface area contributed by atoms with Crippen LogP contribution in [0.1, 0.15) is 60.0 Å². The zero-order chi connectivity index (χ0) is 22.7. The van der Waals surface area contributed by atoms with Gasteiger partial charge in [0.1, 0.15) is 11.6 Å². The summed E-state index contributed by atoms with van der Waals surface area (Å²) in [5.41, 5.74) is 4.47. The molecule has 2 fully saturated rings. The Bertz CT molecular complexity index is 1380. The number of aromatic nitrogens is 5. The minimum atomic E-state index is -0.417. The van der Waals surface area contributed by atoms with Gasteiger partial charge in [0.05, 0.1) is 30.6 Å². The minimum Gasteiger partial charge on any atom is -0.373 e. The van der Waals surface area contributed by atoms with Crippen molar-refractivity contribution in [3.8, 4) is 11.3 Å². The van der Waals surface area contributed by atoms with Gasteiger partial charge in [0, 0.05) is 39.3 Å². The predicted octanol–water partition coefficient (Wildman–Crippen LogP) is 5.88. The molecular weight excluding hydrogens is 441 g/mol. The van der Waals surface area contributed by atoms with E-state index in [2.05, 4.69) is 11.3 Å². The molecule has 0 spiro atoms. The summed E-state index contributed by atoms with van der Waals surface area (Å²) in [6.45, 7) is 4.43. The molecule has 3 aromatic heterocycles. The summed E-state index contributed by atoms with van der Waals surface area (Å²) in [5.74, 6) is 0.195. The zero-order valence-corrected chi connectivity index (χ0v) is 19.2. The molecule has 1 aromatic carbocycles. The van der Waals surface area contributed by atoms with Crippen molar-refractivity contribution in [2.45, 2.75) is 51.2 Å². The summed E-state index contributed by atoms with van der Waals surface area (Å²) in [5, 5.41) is 5.57. The Hall–Kier alpha value is -2.90. The SMILES string of the molecule is Cc1cc2c(-c3ccc(Cl)cc3F)nc([C@@H]3CO[C@H](c4cnn(C5CC5)c4)C3)nc2nc1C. The first-order valence-corrected chi connectivity index (χ1v) is 11.6. The fraction of sp³-hybridized carbons (Fsp3) is 0.360. The van der Waals surface area contributed by atoms with E-state index in [0.717, 1.165) is 28.6 Å². The summed E-state index contributed by atoms with van der Waals surface area (Å²) < 4.78 is 23.1. The summed E-state index contributed by atoms with van der Waals surface area (Å²) >= 11 is 5.99. The smallest absolute Gasteiger partial charge is 0.163 e. The highest BCUT2D eigenvalue weighted by atomic mass is 35.5. The topological polar surface area (TPSA) is 65.7 Å². The maximum Gasteiger partial charge on any atom is 0.163 e. The second kappa shape index (κ2) is 7.85. The number of hydrogen-bond donors (Lipinski definition) is 0. The monoisotopic (exact) mass is 463 g/mol. The number of halogens is 2. The number of pyridine rings is 1. The van der Waals surface area contributed by atoms with Crippen molar-refractivity contribution in [3.05, 3.63) is 70.1 Å². The molecule has 4 heterocycles.